The van der Waals surface area contributed by atoms with Crippen molar-refractivity contribution >= 4 is 35.9 Å². The Kier molecular flexibility index (Phi) is 9.76. The van der Waals surface area contributed by atoms with E-state index >= 15 is 0 Å². The van der Waals surface area contributed by atoms with Gasteiger partial charge in [0, 0.05) is 18.7 Å². The summed E-state index contributed by atoms with van der Waals surface area (Å²) >= 11 is 0. The fraction of sp³-hybridized carbons (Fsp3) is 0.281. The van der Waals surface area contributed by atoms with Crippen LogP contribution in [-0.2, 0) is 37.0 Å². The quantitative estimate of drug-likeness (QED) is 0.148. The molecule has 0 saturated heterocycles. The van der Waals surface area contributed by atoms with Crippen LogP contribution in [0.1, 0.15) is 43.9 Å². The molecule has 3 aromatic rings. The van der Waals surface area contributed by atoms with Gasteiger partial charge in [0.25, 0.3) is 0 Å². The van der Waals surface area contributed by atoms with Gasteiger partial charge in [0.15, 0.2) is 0 Å². The van der Waals surface area contributed by atoms with Crippen molar-refractivity contribution in [3.63, 3.8) is 0 Å². The lowest BCUT2D eigenvalue weighted by Crippen LogP contribution is -2.44. The van der Waals surface area contributed by atoms with Crippen LogP contribution in [0, 0.1) is 5.41 Å². The van der Waals surface area contributed by atoms with E-state index in [1.165, 1.54) is 5.01 Å². The molecule has 1 aliphatic rings. The molecule has 43 heavy (non-hydrogen) atoms. The fourth-order valence-corrected chi connectivity index (χ4v) is 4.53. The average Bonchev–Trinajstić information content (AvgIpc) is 3.10. The monoisotopic (exact) mass is 585 g/mol. The van der Waals surface area contributed by atoms with Crippen molar-refractivity contribution in [1.29, 1.82) is 5.41 Å². The van der Waals surface area contributed by atoms with E-state index in [0.29, 0.717) is 17.7 Å². The first-order valence-corrected chi connectivity index (χ1v) is 13.8. The van der Waals surface area contributed by atoms with Crippen LogP contribution in [0.15, 0.2) is 72.8 Å². The standard InChI is InChI=1S/C32H35N5O6/c1-32(2,3)43-29(40)15-16-36-18-26-17-25(13-14-27(26)37(34-21-38)19-28(36)39)23-9-11-24(12-10-23)30(33)35-31(41)42-20-22-7-5-4-6-8-22/h4-14,17,21H,15-16,18-20H2,1-3H3,(H,34,38)(H2,33,35,41). The Morgan fingerprint density at radius 2 is 1.67 bits per heavy atom. The normalized spacial score (nSPS) is 13.0. The van der Waals surface area contributed by atoms with E-state index in [2.05, 4.69) is 10.7 Å². The third-order valence-corrected chi connectivity index (χ3v) is 6.54. The molecule has 11 nitrogen and oxygen atoms in total. The number of benzene rings is 3. The molecule has 0 radical (unpaired) electrons. The number of hydrogen-bond donors (Lipinski definition) is 3. The second-order valence-corrected chi connectivity index (χ2v) is 11.0. The lowest BCUT2D eigenvalue weighted by molar-refractivity contribution is -0.155. The van der Waals surface area contributed by atoms with Crippen LogP contribution in [0.2, 0.25) is 0 Å². The summed E-state index contributed by atoms with van der Waals surface area (Å²) in [4.78, 5) is 50.3. The first kappa shape index (κ1) is 30.8. The molecule has 224 valence electrons. The van der Waals surface area contributed by atoms with Gasteiger partial charge in [-0.05, 0) is 55.2 Å². The second kappa shape index (κ2) is 13.6. The number of carbonyl (C=O) groups excluding carboxylic acids is 4. The molecule has 3 aromatic carbocycles. The van der Waals surface area contributed by atoms with Crippen LogP contribution in [-0.4, -0.2) is 53.8 Å². The van der Waals surface area contributed by atoms with Crippen molar-refractivity contribution < 1.29 is 28.7 Å². The minimum atomic E-state index is -0.720. The van der Waals surface area contributed by atoms with Crippen LogP contribution in [0.5, 0.6) is 0 Å². The SMILES string of the molecule is CC(C)(C)OC(=O)CCN1Cc2cc(-c3ccc(C(=N)NC(=O)OCc4ccccc4)cc3)ccc2N(NC=O)CC1=O. The molecule has 11 heteroatoms. The van der Waals surface area contributed by atoms with Gasteiger partial charge in [0.05, 0.1) is 12.1 Å². The van der Waals surface area contributed by atoms with E-state index in [-0.39, 0.29) is 44.4 Å². The Labute approximate surface area is 250 Å². The lowest BCUT2D eigenvalue weighted by Gasteiger charge is -2.23. The molecule has 0 unspecified atom stereocenters. The largest absolute Gasteiger partial charge is 0.460 e. The summed E-state index contributed by atoms with van der Waals surface area (Å²) in [5.41, 5.74) is 6.44. The summed E-state index contributed by atoms with van der Waals surface area (Å²) in [6, 6.07) is 22.0. The summed E-state index contributed by atoms with van der Waals surface area (Å²) < 4.78 is 10.6. The van der Waals surface area contributed by atoms with Gasteiger partial charge >= 0.3 is 12.1 Å². The molecular formula is C32H35N5O6. The number of amidine groups is 1. The third kappa shape index (κ3) is 8.65. The van der Waals surface area contributed by atoms with Crippen molar-refractivity contribution in [2.24, 2.45) is 0 Å². The summed E-state index contributed by atoms with van der Waals surface area (Å²) in [6.45, 7) is 5.78. The van der Waals surface area contributed by atoms with Gasteiger partial charge in [-0.2, -0.15) is 0 Å². The van der Waals surface area contributed by atoms with Crippen molar-refractivity contribution in [2.75, 3.05) is 18.1 Å². The van der Waals surface area contributed by atoms with E-state index in [1.807, 2.05) is 60.7 Å². The number of carbonyl (C=O) groups is 4. The fourth-order valence-electron chi connectivity index (χ4n) is 4.53. The number of anilines is 1. The number of nitrogens with one attached hydrogen (secondary N) is 3. The molecule has 3 amide bonds. The summed E-state index contributed by atoms with van der Waals surface area (Å²) in [5.74, 6) is -0.736. The van der Waals surface area contributed by atoms with E-state index < -0.39 is 17.7 Å². The molecule has 0 aliphatic carbocycles. The summed E-state index contributed by atoms with van der Waals surface area (Å²) in [7, 11) is 0. The Balaban J connectivity index is 1.45. The van der Waals surface area contributed by atoms with Crippen LogP contribution in [0.3, 0.4) is 0 Å². The Bertz CT molecular complexity index is 1480. The Morgan fingerprint density at radius 3 is 2.35 bits per heavy atom. The van der Waals surface area contributed by atoms with E-state index in [0.717, 1.165) is 22.3 Å². The van der Waals surface area contributed by atoms with Crippen LogP contribution < -0.4 is 15.8 Å². The maximum absolute atomic E-state index is 13.0. The van der Waals surface area contributed by atoms with E-state index in [4.69, 9.17) is 14.9 Å². The van der Waals surface area contributed by atoms with Gasteiger partial charge in [-0.3, -0.25) is 35.5 Å². The number of alkyl carbamates (subject to hydrolysis) is 1. The molecule has 1 heterocycles. The summed E-state index contributed by atoms with van der Waals surface area (Å²) in [6.07, 6.45) is -0.163. The first-order chi connectivity index (χ1) is 20.5. The predicted octanol–water partition coefficient (Wildman–Crippen LogP) is 4.15. The highest BCUT2D eigenvalue weighted by atomic mass is 16.6. The number of nitrogens with zero attached hydrogens (tertiary/aromatic N) is 2. The second-order valence-electron chi connectivity index (χ2n) is 11.0. The third-order valence-electron chi connectivity index (χ3n) is 6.54. The number of ether oxygens (including phenoxy) is 2. The number of rotatable bonds is 9. The minimum Gasteiger partial charge on any atom is -0.460 e. The molecule has 0 bridgehead atoms. The topological polar surface area (TPSA) is 141 Å². The molecule has 4 rings (SSSR count). The highest BCUT2D eigenvalue weighted by molar-refractivity contribution is 6.04. The van der Waals surface area contributed by atoms with Crippen molar-refractivity contribution in [1.82, 2.24) is 15.6 Å². The number of amides is 3. The van der Waals surface area contributed by atoms with E-state index in [1.54, 1.807) is 37.8 Å². The number of fused-ring (bicyclic) bond motifs is 1. The van der Waals surface area contributed by atoms with Gasteiger partial charge in [0.1, 0.15) is 24.6 Å². The zero-order valence-corrected chi connectivity index (χ0v) is 24.4. The van der Waals surface area contributed by atoms with Gasteiger partial charge in [-0.15, -0.1) is 0 Å². The number of hydrazine groups is 1. The first-order valence-electron chi connectivity index (χ1n) is 13.8. The van der Waals surface area contributed by atoms with Crippen LogP contribution in [0.4, 0.5) is 10.5 Å². The lowest BCUT2D eigenvalue weighted by atomic mass is 10.00. The zero-order chi connectivity index (χ0) is 31.0. The molecule has 0 saturated carbocycles. The predicted molar refractivity (Wildman–Crippen MR) is 161 cm³/mol. The molecule has 3 N–H and O–H groups in total. The van der Waals surface area contributed by atoms with Gasteiger partial charge in [-0.25, -0.2) is 4.79 Å². The van der Waals surface area contributed by atoms with Gasteiger partial charge < -0.3 is 14.4 Å². The van der Waals surface area contributed by atoms with Crippen molar-refractivity contribution in [3.8, 4) is 11.1 Å². The van der Waals surface area contributed by atoms with Crippen LogP contribution in [0.25, 0.3) is 11.1 Å². The molecule has 0 spiro atoms. The maximum Gasteiger partial charge on any atom is 0.413 e. The van der Waals surface area contributed by atoms with Gasteiger partial charge in [0.2, 0.25) is 12.3 Å². The Morgan fingerprint density at radius 1 is 0.977 bits per heavy atom. The number of hydrogen-bond acceptors (Lipinski definition) is 8. The molecular weight excluding hydrogens is 550 g/mol. The Hall–Kier alpha value is -5.19. The highest BCUT2D eigenvalue weighted by Crippen LogP contribution is 2.30. The zero-order valence-electron chi connectivity index (χ0n) is 24.4. The van der Waals surface area contributed by atoms with E-state index in [9.17, 15) is 19.2 Å². The van der Waals surface area contributed by atoms with Crippen molar-refractivity contribution in [2.45, 2.75) is 45.9 Å². The smallest absolute Gasteiger partial charge is 0.413 e. The maximum atomic E-state index is 13.0. The average molecular weight is 586 g/mol. The molecule has 1 aliphatic heterocycles. The minimum absolute atomic E-state index is 0.0421. The van der Waals surface area contributed by atoms with Crippen molar-refractivity contribution in [3.05, 3.63) is 89.5 Å². The summed E-state index contributed by atoms with van der Waals surface area (Å²) in [5, 5.41) is 12.2. The molecule has 0 fully saturated rings. The highest BCUT2D eigenvalue weighted by Gasteiger charge is 2.27. The van der Waals surface area contributed by atoms with Gasteiger partial charge in [-0.1, -0.05) is 60.7 Å². The molecule has 0 aromatic heterocycles. The van der Waals surface area contributed by atoms with Crippen LogP contribution >= 0.6 is 0 Å². The molecule has 0 atom stereocenters. The number of esters is 1.